The Hall–Kier alpha value is -1.22. The van der Waals surface area contributed by atoms with Crippen LogP contribution in [0.3, 0.4) is 0 Å². The quantitative estimate of drug-likeness (QED) is 0.887. The van der Waals surface area contributed by atoms with Crippen LogP contribution in [0.1, 0.15) is 31.7 Å². The van der Waals surface area contributed by atoms with Crippen molar-refractivity contribution in [2.45, 2.75) is 44.7 Å². The lowest BCUT2D eigenvalue weighted by Gasteiger charge is -2.14. The average Bonchev–Trinajstić information content (AvgIpc) is 3.15. The number of benzene rings is 1. The molecule has 0 amide bonds. The molecule has 1 heterocycles. The first-order valence-electron chi connectivity index (χ1n) is 6.96. The lowest BCUT2D eigenvalue weighted by atomic mass is 10.1. The third-order valence-electron chi connectivity index (χ3n) is 3.45. The van der Waals surface area contributed by atoms with Gasteiger partial charge in [0.05, 0.1) is 13.2 Å². The molecule has 1 unspecified atom stereocenters. The average molecular weight is 247 g/mol. The van der Waals surface area contributed by atoms with Gasteiger partial charge in [-0.25, -0.2) is 0 Å². The van der Waals surface area contributed by atoms with Crippen LogP contribution in [0.4, 0.5) is 0 Å². The molecular weight excluding hydrogens is 226 g/mol. The van der Waals surface area contributed by atoms with Gasteiger partial charge in [-0.15, -0.1) is 0 Å². The second kappa shape index (κ2) is 5.19. The highest BCUT2D eigenvalue weighted by atomic mass is 16.5. The van der Waals surface area contributed by atoms with Gasteiger partial charge < -0.3 is 14.8 Å². The Balaban J connectivity index is 1.66. The van der Waals surface area contributed by atoms with E-state index in [1.807, 2.05) is 6.07 Å². The standard InChI is InChI=1S/C15H21NO2/c1-11(16-13-4-5-13)9-12-3-6-14-15(10-12)18-8-2-7-17-14/h3,6,10-11,13,16H,2,4-5,7-9H2,1H3. The molecule has 0 spiro atoms. The van der Waals surface area contributed by atoms with Crippen molar-refractivity contribution in [2.75, 3.05) is 13.2 Å². The maximum Gasteiger partial charge on any atom is 0.161 e. The molecule has 3 nitrogen and oxygen atoms in total. The van der Waals surface area contributed by atoms with Crippen LogP contribution in [0.15, 0.2) is 18.2 Å². The Morgan fingerprint density at radius 2 is 2.00 bits per heavy atom. The molecule has 18 heavy (non-hydrogen) atoms. The van der Waals surface area contributed by atoms with E-state index in [2.05, 4.69) is 24.4 Å². The van der Waals surface area contributed by atoms with Crippen LogP contribution in [-0.2, 0) is 6.42 Å². The molecule has 1 fully saturated rings. The molecule has 1 atom stereocenters. The third kappa shape index (κ3) is 2.96. The molecule has 1 saturated carbocycles. The van der Waals surface area contributed by atoms with Crippen molar-refractivity contribution in [3.05, 3.63) is 23.8 Å². The molecular formula is C15H21NO2. The summed E-state index contributed by atoms with van der Waals surface area (Å²) in [5, 5.41) is 3.62. The fourth-order valence-corrected chi connectivity index (χ4v) is 2.40. The van der Waals surface area contributed by atoms with E-state index in [0.717, 1.165) is 43.6 Å². The maximum atomic E-state index is 5.72. The SMILES string of the molecule is CC(Cc1ccc2c(c1)OCCCO2)NC1CC1. The van der Waals surface area contributed by atoms with Gasteiger partial charge in [-0.05, 0) is 43.9 Å². The molecule has 1 aliphatic heterocycles. The van der Waals surface area contributed by atoms with Gasteiger partial charge >= 0.3 is 0 Å². The highest BCUT2D eigenvalue weighted by Gasteiger charge is 2.22. The van der Waals surface area contributed by atoms with E-state index in [0.29, 0.717) is 6.04 Å². The van der Waals surface area contributed by atoms with E-state index in [-0.39, 0.29) is 0 Å². The Kier molecular flexibility index (Phi) is 3.41. The fourth-order valence-electron chi connectivity index (χ4n) is 2.40. The van der Waals surface area contributed by atoms with Gasteiger partial charge in [0, 0.05) is 18.5 Å². The van der Waals surface area contributed by atoms with Gasteiger partial charge in [-0.1, -0.05) is 6.07 Å². The van der Waals surface area contributed by atoms with Crippen LogP contribution in [0.25, 0.3) is 0 Å². The summed E-state index contributed by atoms with van der Waals surface area (Å²) in [5.41, 5.74) is 1.32. The van der Waals surface area contributed by atoms with Gasteiger partial charge in [-0.3, -0.25) is 0 Å². The highest BCUT2D eigenvalue weighted by Crippen LogP contribution is 2.31. The van der Waals surface area contributed by atoms with Crippen LogP contribution < -0.4 is 14.8 Å². The first-order chi connectivity index (χ1) is 8.81. The summed E-state index contributed by atoms with van der Waals surface area (Å²) in [5.74, 6) is 1.79. The largest absolute Gasteiger partial charge is 0.490 e. The Morgan fingerprint density at radius 3 is 2.78 bits per heavy atom. The number of rotatable bonds is 4. The lowest BCUT2D eigenvalue weighted by Crippen LogP contribution is -2.29. The van der Waals surface area contributed by atoms with Crippen molar-refractivity contribution in [2.24, 2.45) is 0 Å². The predicted octanol–water partition coefficient (Wildman–Crippen LogP) is 2.53. The van der Waals surface area contributed by atoms with E-state index in [1.54, 1.807) is 0 Å². The lowest BCUT2D eigenvalue weighted by molar-refractivity contribution is 0.297. The minimum absolute atomic E-state index is 0.530. The summed E-state index contributed by atoms with van der Waals surface area (Å²) in [4.78, 5) is 0. The van der Waals surface area contributed by atoms with Gasteiger partial charge in [0.25, 0.3) is 0 Å². The molecule has 1 aliphatic carbocycles. The molecule has 3 rings (SSSR count). The van der Waals surface area contributed by atoms with E-state index in [9.17, 15) is 0 Å². The Labute approximate surface area is 108 Å². The molecule has 0 aromatic heterocycles. The number of nitrogens with one attached hydrogen (secondary N) is 1. The second-order valence-corrected chi connectivity index (χ2v) is 5.38. The molecule has 0 radical (unpaired) electrons. The van der Waals surface area contributed by atoms with Crippen molar-refractivity contribution < 1.29 is 9.47 Å². The Morgan fingerprint density at radius 1 is 1.22 bits per heavy atom. The predicted molar refractivity (Wildman–Crippen MR) is 71.4 cm³/mol. The number of hydrogen-bond donors (Lipinski definition) is 1. The normalized spacial score (nSPS) is 20.3. The zero-order valence-electron chi connectivity index (χ0n) is 10.9. The van der Waals surface area contributed by atoms with Crippen LogP contribution >= 0.6 is 0 Å². The van der Waals surface area contributed by atoms with E-state index in [1.165, 1.54) is 18.4 Å². The van der Waals surface area contributed by atoms with Crippen molar-refractivity contribution in [1.29, 1.82) is 0 Å². The third-order valence-corrected chi connectivity index (χ3v) is 3.45. The zero-order valence-corrected chi connectivity index (χ0v) is 10.9. The minimum Gasteiger partial charge on any atom is -0.490 e. The van der Waals surface area contributed by atoms with Crippen molar-refractivity contribution in [1.82, 2.24) is 5.32 Å². The van der Waals surface area contributed by atoms with Crippen LogP contribution in [-0.4, -0.2) is 25.3 Å². The topological polar surface area (TPSA) is 30.5 Å². The van der Waals surface area contributed by atoms with Crippen molar-refractivity contribution in [3.63, 3.8) is 0 Å². The molecule has 0 bridgehead atoms. The smallest absolute Gasteiger partial charge is 0.161 e. The first-order valence-corrected chi connectivity index (χ1v) is 6.96. The summed E-state index contributed by atoms with van der Waals surface area (Å²) >= 11 is 0. The molecule has 1 aromatic rings. The van der Waals surface area contributed by atoms with E-state index in [4.69, 9.17) is 9.47 Å². The number of ether oxygens (including phenoxy) is 2. The van der Waals surface area contributed by atoms with Crippen molar-refractivity contribution in [3.8, 4) is 11.5 Å². The molecule has 2 aliphatic rings. The first kappa shape index (κ1) is 11.8. The van der Waals surface area contributed by atoms with Crippen LogP contribution in [0, 0.1) is 0 Å². The summed E-state index contributed by atoms with van der Waals surface area (Å²) in [7, 11) is 0. The summed E-state index contributed by atoms with van der Waals surface area (Å²) in [6.07, 6.45) is 4.69. The maximum absolute atomic E-state index is 5.72. The van der Waals surface area contributed by atoms with E-state index >= 15 is 0 Å². The van der Waals surface area contributed by atoms with Gasteiger partial charge in [-0.2, -0.15) is 0 Å². The van der Waals surface area contributed by atoms with Crippen LogP contribution in [0.5, 0.6) is 11.5 Å². The minimum atomic E-state index is 0.530. The van der Waals surface area contributed by atoms with Gasteiger partial charge in [0.1, 0.15) is 0 Å². The van der Waals surface area contributed by atoms with Gasteiger partial charge in [0.15, 0.2) is 11.5 Å². The van der Waals surface area contributed by atoms with E-state index < -0.39 is 0 Å². The van der Waals surface area contributed by atoms with Gasteiger partial charge in [0.2, 0.25) is 0 Å². The summed E-state index contributed by atoms with van der Waals surface area (Å²) < 4.78 is 11.4. The van der Waals surface area contributed by atoms with Crippen LogP contribution in [0.2, 0.25) is 0 Å². The van der Waals surface area contributed by atoms with Crippen molar-refractivity contribution >= 4 is 0 Å². The molecule has 1 N–H and O–H groups in total. The highest BCUT2D eigenvalue weighted by molar-refractivity contribution is 5.43. The molecule has 98 valence electrons. The number of hydrogen-bond acceptors (Lipinski definition) is 3. The fraction of sp³-hybridized carbons (Fsp3) is 0.600. The Bertz CT molecular complexity index is 415. The summed E-state index contributed by atoms with van der Waals surface area (Å²) in [6, 6.07) is 7.62. The monoisotopic (exact) mass is 247 g/mol. The number of fused-ring (bicyclic) bond motifs is 1. The molecule has 0 saturated heterocycles. The zero-order chi connectivity index (χ0) is 12.4. The molecule has 3 heteroatoms. The second-order valence-electron chi connectivity index (χ2n) is 5.38. The summed E-state index contributed by atoms with van der Waals surface area (Å²) in [6.45, 7) is 3.76. The molecule has 1 aromatic carbocycles.